The third-order valence-electron chi connectivity index (χ3n) is 1.30. The van der Waals surface area contributed by atoms with Crippen molar-refractivity contribution in [2.75, 3.05) is 6.54 Å². The van der Waals surface area contributed by atoms with Crippen molar-refractivity contribution in [1.82, 2.24) is 5.32 Å². The molecule has 0 bridgehead atoms. The van der Waals surface area contributed by atoms with Gasteiger partial charge in [-0.15, -0.1) is 0 Å². The van der Waals surface area contributed by atoms with Crippen molar-refractivity contribution in [3.05, 3.63) is 0 Å². The predicted molar refractivity (Wildman–Crippen MR) is 54.0 cm³/mol. The Morgan fingerprint density at radius 1 is 1.17 bits per heavy atom. The first-order chi connectivity index (χ1) is 5.02. The number of hydrogen-bond donors (Lipinski definition) is 1. The van der Waals surface area contributed by atoms with E-state index < -0.39 is 0 Å². The summed E-state index contributed by atoms with van der Waals surface area (Å²) < 4.78 is 0. The van der Waals surface area contributed by atoms with Gasteiger partial charge in [0.1, 0.15) is 0 Å². The van der Waals surface area contributed by atoms with E-state index in [1.54, 1.807) is 0 Å². The van der Waals surface area contributed by atoms with Gasteiger partial charge in [0.25, 0.3) is 0 Å². The molecule has 0 radical (unpaired) electrons. The molecule has 2 nitrogen and oxygen atoms in total. The highest BCUT2D eigenvalue weighted by atomic mass is 16.1. The van der Waals surface area contributed by atoms with Crippen LogP contribution in [0.3, 0.4) is 0 Å². The van der Waals surface area contributed by atoms with Crippen LogP contribution in [-0.2, 0) is 4.79 Å². The Bertz CT molecular complexity index is 119. The first-order valence-corrected chi connectivity index (χ1v) is 4.29. The molecule has 0 aliphatic rings. The van der Waals surface area contributed by atoms with Crippen LogP contribution in [0.2, 0.25) is 0 Å². The largest absolute Gasteiger partial charge is 0.356 e. The maximum Gasteiger partial charge on any atom is 0.220 e. The van der Waals surface area contributed by atoms with E-state index in [1.165, 1.54) is 0 Å². The summed E-state index contributed by atoms with van der Waals surface area (Å²) in [5.41, 5.74) is 0. The second-order valence-electron chi connectivity index (χ2n) is 3.80. The number of amides is 1. The summed E-state index contributed by atoms with van der Waals surface area (Å²) >= 11 is 0. The zero-order chi connectivity index (χ0) is 8.85. The standard InChI is InChI=1S/C9H19NO.CH4/c1-7(2)5-9(11)10-6-8(3)4;/h7-8H,5-6H2,1-4H3,(H,10,11);1H4. The Morgan fingerprint density at radius 2 is 1.67 bits per heavy atom. The number of nitrogens with one attached hydrogen (secondary N) is 1. The van der Waals surface area contributed by atoms with Crippen molar-refractivity contribution >= 4 is 5.91 Å². The first-order valence-electron chi connectivity index (χ1n) is 4.29. The lowest BCUT2D eigenvalue weighted by Crippen LogP contribution is -2.28. The first kappa shape index (κ1) is 14.0. The van der Waals surface area contributed by atoms with E-state index in [4.69, 9.17) is 0 Å². The fourth-order valence-corrected chi connectivity index (χ4v) is 0.761. The Morgan fingerprint density at radius 3 is 2.00 bits per heavy atom. The minimum absolute atomic E-state index is 0. The van der Waals surface area contributed by atoms with Crippen LogP contribution in [0.15, 0.2) is 0 Å². The van der Waals surface area contributed by atoms with Crippen molar-refractivity contribution in [3.8, 4) is 0 Å². The third-order valence-corrected chi connectivity index (χ3v) is 1.30. The molecule has 0 saturated carbocycles. The summed E-state index contributed by atoms with van der Waals surface area (Å²) in [6.07, 6.45) is 0.646. The lowest BCUT2D eigenvalue weighted by atomic mass is 10.1. The minimum atomic E-state index is 0. The van der Waals surface area contributed by atoms with Crippen molar-refractivity contribution < 1.29 is 4.79 Å². The SMILES string of the molecule is C.CC(C)CNC(=O)CC(C)C. The van der Waals surface area contributed by atoms with E-state index in [-0.39, 0.29) is 13.3 Å². The summed E-state index contributed by atoms with van der Waals surface area (Å²) in [5.74, 6) is 1.18. The molecule has 0 rings (SSSR count). The van der Waals surface area contributed by atoms with Gasteiger partial charge in [0, 0.05) is 13.0 Å². The zero-order valence-corrected chi connectivity index (χ0v) is 7.98. The highest BCUT2D eigenvalue weighted by Gasteiger charge is 2.03. The molecule has 0 unspecified atom stereocenters. The van der Waals surface area contributed by atoms with Crippen LogP contribution >= 0.6 is 0 Å². The molecular weight excluding hydrogens is 150 g/mol. The maximum atomic E-state index is 11.0. The molecule has 0 aliphatic heterocycles. The fraction of sp³-hybridized carbons (Fsp3) is 0.900. The molecule has 0 saturated heterocycles. The summed E-state index contributed by atoms with van der Waals surface area (Å²) in [5, 5.41) is 2.87. The average Bonchev–Trinajstić information content (AvgIpc) is 1.82. The summed E-state index contributed by atoms with van der Waals surface area (Å²) in [6.45, 7) is 9.08. The molecule has 2 heteroatoms. The zero-order valence-electron chi connectivity index (χ0n) is 7.98. The van der Waals surface area contributed by atoms with Crippen molar-refractivity contribution in [3.63, 3.8) is 0 Å². The Hall–Kier alpha value is -0.530. The van der Waals surface area contributed by atoms with E-state index >= 15 is 0 Å². The number of carbonyl (C=O) groups is 1. The maximum absolute atomic E-state index is 11.0. The highest BCUT2D eigenvalue weighted by molar-refractivity contribution is 5.75. The van der Waals surface area contributed by atoms with Crippen LogP contribution in [0.25, 0.3) is 0 Å². The average molecular weight is 173 g/mol. The Labute approximate surface area is 76.7 Å². The quantitative estimate of drug-likeness (QED) is 0.695. The topological polar surface area (TPSA) is 29.1 Å². The molecule has 0 fully saturated rings. The molecule has 0 aromatic rings. The normalized spacial score (nSPS) is 9.83. The molecule has 0 spiro atoms. The summed E-state index contributed by atoms with van der Waals surface area (Å²) in [4.78, 5) is 11.0. The summed E-state index contributed by atoms with van der Waals surface area (Å²) in [6, 6.07) is 0. The van der Waals surface area contributed by atoms with Gasteiger partial charge >= 0.3 is 0 Å². The fourth-order valence-electron chi connectivity index (χ4n) is 0.761. The molecule has 1 amide bonds. The van der Waals surface area contributed by atoms with Crippen LogP contribution in [0.5, 0.6) is 0 Å². The van der Waals surface area contributed by atoms with Gasteiger partial charge in [0.05, 0.1) is 0 Å². The van der Waals surface area contributed by atoms with Crippen molar-refractivity contribution in [2.24, 2.45) is 11.8 Å². The second kappa shape index (κ2) is 7.14. The molecule has 0 aromatic heterocycles. The lowest BCUT2D eigenvalue weighted by molar-refractivity contribution is -0.121. The van der Waals surface area contributed by atoms with E-state index in [2.05, 4.69) is 33.0 Å². The number of carbonyl (C=O) groups excluding carboxylic acids is 1. The van der Waals surface area contributed by atoms with Gasteiger partial charge in [0.15, 0.2) is 0 Å². The van der Waals surface area contributed by atoms with Crippen LogP contribution in [0, 0.1) is 11.8 Å². The molecular formula is C10H23NO. The van der Waals surface area contributed by atoms with Gasteiger partial charge in [-0.2, -0.15) is 0 Å². The van der Waals surface area contributed by atoms with Crippen LogP contribution in [0.4, 0.5) is 0 Å². The second-order valence-corrected chi connectivity index (χ2v) is 3.80. The molecule has 0 aliphatic carbocycles. The van der Waals surface area contributed by atoms with Crippen LogP contribution < -0.4 is 5.32 Å². The minimum Gasteiger partial charge on any atom is -0.356 e. The molecule has 0 aromatic carbocycles. The summed E-state index contributed by atoms with van der Waals surface area (Å²) in [7, 11) is 0. The third kappa shape index (κ3) is 9.47. The van der Waals surface area contributed by atoms with E-state index in [0.29, 0.717) is 18.3 Å². The number of hydrogen-bond acceptors (Lipinski definition) is 1. The van der Waals surface area contributed by atoms with Gasteiger partial charge in [-0.1, -0.05) is 35.1 Å². The Balaban J connectivity index is 0. The monoisotopic (exact) mass is 173 g/mol. The van der Waals surface area contributed by atoms with Gasteiger partial charge in [-0.3, -0.25) is 4.79 Å². The highest BCUT2D eigenvalue weighted by Crippen LogP contribution is 1.98. The van der Waals surface area contributed by atoms with Crippen molar-refractivity contribution in [2.45, 2.75) is 41.5 Å². The van der Waals surface area contributed by atoms with Gasteiger partial charge < -0.3 is 5.32 Å². The van der Waals surface area contributed by atoms with Gasteiger partial charge in [-0.25, -0.2) is 0 Å². The smallest absolute Gasteiger partial charge is 0.220 e. The van der Waals surface area contributed by atoms with E-state index in [0.717, 1.165) is 6.54 Å². The van der Waals surface area contributed by atoms with Crippen LogP contribution in [-0.4, -0.2) is 12.5 Å². The lowest BCUT2D eigenvalue weighted by Gasteiger charge is -2.08. The van der Waals surface area contributed by atoms with Crippen molar-refractivity contribution in [1.29, 1.82) is 0 Å². The molecule has 0 atom stereocenters. The van der Waals surface area contributed by atoms with Gasteiger partial charge in [0.2, 0.25) is 5.91 Å². The molecule has 1 N–H and O–H groups in total. The molecule has 74 valence electrons. The Kier molecular flexibility index (Phi) is 8.34. The molecule has 12 heavy (non-hydrogen) atoms. The van der Waals surface area contributed by atoms with Crippen LogP contribution in [0.1, 0.15) is 41.5 Å². The molecule has 0 heterocycles. The van der Waals surface area contributed by atoms with E-state index in [9.17, 15) is 4.79 Å². The number of rotatable bonds is 4. The van der Waals surface area contributed by atoms with Gasteiger partial charge in [-0.05, 0) is 11.8 Å². The van der Waals surface area contributed by atoms with E-state index in [1.807, 2.05) is 0 Å². The predicted octanol–water partition coefficient (Wildman–Crippen LogP) is 2.44.